The van der Waals surface area contributed by atoms with E-state index in [1.54, 1.807) is 18.3 Å². The van der Waals surface area contributed by atoms with E-state index in [4.69, 9.17) is 4.74 Å². The fourth-order valence-electron chi connectivity index (χ4n) is 1.89. The fraction of sp³-hybridized carbons (Fsp3) is 0.133. The van der Waals surface area contributed by atoms with Gasteiger partial charge in [-0.05, 0) is 18.2 Å². The Morgan fingerprint density at radius 3 is 2.04 bits per heavy atom. The molecule has 2 heterocycles. The van der Waals surface area contributed by atoms with E-state index in [1.807, 2.05) is 0 Å². The van der Waals surface area contributed by atoms with Crippen LogP contribution in [0.1, 0.15) is 5.56 Å². The largest absolute Gasteiger partial charge is 0.481 e. The van der Waals surface area contributed by atoms with Crippen LogP contribution in [0.4, 0.5) is 13.2 Å². The summed E-state index contributed by atoms with van der Waals surface area (Å²) < 4.78 is 42.7. The third-order valence-corrected chi connectivity index (χ3v) is 4.10. The minimum Gasteiger partial charge on any atom is -0.481 e. The second-order valence-corrected chi connectivity index (χ2v) is 5.55. The minimum atomic E-state index is -4.35. The van der Waals surface area contributed by atoms with Crippen LogP contribution in [0.5, 0.6) is 5.88 Å². The highest BCUT2D eigenvalue weighted by molar-refractivity contribution is 7.17. The molecule has 0 aliphatic rings. The summed E-state index contributed by atoms with van der Waals surface area (Å²) in [5.74, 6) is 0.487. The van der Waals surface area contributed by atoms with Crippen LogP contribution in [-0.2, 0) is 6.18 Å². The number of halogens is 3. The first-order valence-electron chi connectivity index (χ1n) is 6.49. The monoisotopic (exact) mass is 337 g/mol. The maximum Gasteiger partial charge on any atom is 0.416 e. The third kappa shape index (κ3) is 3.31. The van der Waals surface area contributed by atoms with E-state index in [2.05, 4.69) is 15.2 Å². The molecule has 0 aliphatic heterocycles. The summed E-state index contributed by atoms with van der Waals surface area (Å²) in [4.78, 5) is 4.09. The Morgan fingerprint density at radius 1 is 0.913 bits per heavy atom. The van der Waals surface area contributed by atoms with Crippen LogP contribution in [0.15, 0.2) is 42.6 Å². The first-order chi connectivity index (χ1) is 11.0. The average Bonchev–Trinajstić information content (AvgIpc) is 3.04. The van der Waals surface area contributed by atoms with Gasteiger partial charge in [0.05, 0.1) is 12.7 Å². The summed E-state index contributed by atoms with van der Waals surface area (Å²) >= 11 is 1.28. The molecule has 3 rings (SSSR count). The first-order valence-corrected chi connectivity index (χ1v) is 7.30. The predicted octanol–water partition coefficient (Wildman–Crippen LogP) is 4.29. The molecule has 2 aromatic heterocycles. The average molecular weight is 337 g/mol. The first kappa shape index (κ1) is 15.4. The van der Waals surface area contributed by atoms with Crippen molar-refractivity contribution in [3.05, 3.63) is 48.2 Å². The molecule has 0 amide bonds. The summed E-state index contributed by atoms with van der Waals surface area (Å²) in [5.41, 5.74) is 0.662. The van der Waals surface area contributed by atoms with Crippen molar-refractivity contribution in [2.75, 3.05) is 7.11 Å². The minimum absolute atomic E-state index is 0.487. The van der Waals surface area contributed by atoms with Crippen molar-refractivity contribution in [1.29, 1.82) is 0 Å². The summed E-state index contributed by atoms with van der Waals surface area (Å²) in [6.07, 6.45) is -2.74. The number of ether oxygens (including phenoxy) is 1. The molecule has 0 spiro atoms. The van der Waals surface area contributed by atoms with E-state index in [1.165, 1.54) is 30.6 Å². The van der Waals surface area contributed by atoms with Crippen LogP contribution in [0, 0.1) is 0 Å². The molecule has 0 N–H and O–H groups in total. The number of benzene rings is 1. The van der Waals surface area contributed by atoms with E-state index in [9.17, 15) is 13.2 Å². The lowest BCUT2D eigenvalue weighted by atomic mass is 10.1. The number of rotatable bonds is 3. The van der Waals surface area contributed by atoms with E-state index in [0.717, 1.165) is 17.7 Å². The number of pyridine rings is 1. The second kappa shape index (κ2) is 5.96. The molecule has 0 radical (unpaired) electrons. The van der Waals surface area contributed by atoms with Gasteiger partial charge in [0.2, 0.25) is 5.88 Å². The van der Waals surface area contributed by atoms with Crippen LogP contribution in [0.2, 0.25) is 0 Å². The molecular weight excluding hydrogens is 327 g/mol. The predicted molar refractivity (Wildman–Crippen MR) is 80.1 cm³/mol. The number of methoxy groups -OCH3 is 1. The van der Waals surface area contributed by atoms with Crippen molar-refractivity contribution in [2.24, 2.45) is 0 Å². The van der Waals surface area contributed by atoms with Crippen molar-refractivity contribution in [3.63, 3.8) is 0 Å². The van der Waals surface area contributed by atoms with Crippen LogP contribution in [0.3, 0.4) is 0 Å². The molecule has 0 unspecified atom stereocenters. The summed E-state index contributed by atoms with van der Waals surface area (Å²) in [6, 6.07) is 8.34. The topological polar surface area (TPSA) is 47.9 Å². The lowest BCUT2D eigenvalue weighted by Crippen LogP contribution is -2.03. The molecule has 3 aromatic rings. The summed E-state index contributed by atoms with van der Waals surface area (Å²) in [6.45, 7) is 0. The van der Waals surface area contributed by atoms with Crippen molar-refractivity contribution in [2.45, 2.75) is 6.18 Å². The molecule has 4 nitrogen and oxygen atoms in total. The molecule has 8 heteroatoms. The van der Waals surface area contributed by atoms with Gasteiger partial charge in [0.15, 0.2) is 0 Å². The Balaban J connectivity index is 1.86. The van der Waals surface area contributed by atoms with Gasteiger partial charge in [0.1, 0.15) is 10.0 Å². The number of nitrogens with zero attached hydrogens (tertiary/aromatic N) is 3. The van der Waals surface area contributed by atoms with Crippen molar-refractivity contribution >= 4 is 11.3 Å². The molecule has 1 aromatic carbocycles. The van der Waals surface area contributed by atoms with Gasteiger partial charge in [-0.25, -0.2) is 4.98 Å². The van der Waals surface area contributed by atoms with Gasteiger partial charge in [0.25, 0.3) is 0 Å². The van der Waals surface area contributed by atoms with Crippen LogP contribution >= 0.6 is 11.3 Å². The molecule has 23 heavy (non-hydrogen) atoms. The van der Waals surface area contributed by atoms with Crippen molar-refractivity contribution < 1.29 is 17.9 Å². The van der Waals surface area contributed by atoms with Crippen LogP contribution in [0.25, 0.3) is 21.1 Å². The Hall–Kier alpha value is -2.48. The van der Waals surface area contributed by atoms with E-state index in [0.29, 0.717) is 21.5 Å². The number of aromatic nitrogens is 3. The highest BCUT2D eigenvalue weighted by Crippen LogP contribution is 2.33. The van der Waals surface area contributed by atoms with Gasteiger partial charge in [-0.1, -0.05) is 23.5 Å². The van der Waals surface area contributed by atoms with E-state index in [-0.39, 0.29) is 0 Å². The van der Waals surface area contributed by atoms with Gasteiger partial charge < -0.3 is 4.74 Å². The Kier molecular flexibility index (Phi) is 3.99. The smallest absolute Gasteiger partial charge is 0.416 e. The highest BCUT2D eigenvalue weighted by atomic mass is 32.1. The third-order valence-electron chi connectivity index (χ3n) is 3.08. The summed E-state index contributed by atoms with van der Waals surface area (Å²) in [5, 5.41) is 9.26. The lowest BCUT2D eigenvalue weighted by molar-refractivity contribution is -0.137. The van der Waals surface area contributed by atoms with Gasteiger partial charge in [-0.15, -0.1) is 10.2 Å². The van der Waals surface area contributed by atoms with Gasteiger partial charge >= 0.3 is 6.18 Å². The van der Waals surface area contributed by atoms with Crippen molar-refractivity contribution in [1.82, 2.24) is 15.2 Å². The summed E-state index contributed by atoms with van der Waals surface area (Å²) in [7, 11) is 1.52. The molecule has 0 atom stereocenters. The van der Waals surface area contributed by atoms with Gasteiger partial charge in [0, 0.05) is 23.4 Å². The van der Waals surface area contributed by atoms with E-state index >= 15 is 0 Å². The van der Waals surface area contributed by atoms with Gasteiger partial charge in [-0.2, -0.15) is 13.2 Å². The van der Waals surface area contributed by atoms with Crippen LogP contribution in [-0.4, -0.2) is 22.3 Å². The maximum atomic E-state index is 12.6. The number of hydrogen-bond donors (Lipinski definition) is 0. The zero-order valence-corrected chi connectivity index (χ0v) is 12.6. The number of hydrogen-bond acceptors (Lipinski definition) is 5. The number of alkyl halides is 3. The fourth-order valence-corrected chi connectivity index (χ4v) is 2.72. The van der Waals surface area contributed by atoms with Crippen molar-refractivity contribution in [3.8, 4) is 27.0 Å². The maximum absolute atomic E-state index is 12.6. The molecular formula is C15H10F3N3OS. The zero-order valence-electron chi connectivity index (χ0n) is 11.8. The standard InChI is InChI=1S/C15H10F3N3OS/c1-22-12-7-4-10(8-19-12)14-21-20-13(23-14)9-2-5-11(6-3-9)15(16,17)18/h2-8H,1H3. The quantitative estimate of drug-likeness (QED) is 0.715. The SMILES string of the molecule is COc1ccc(-c2nnc(-c3ccc(C(F)(F)F)cc3)s2)cn1. The Bertz CT molecular complexity index is 798. The molecule has 0 bridgehead atoms. The molecule has 118 valence electrons. The van der Waals surface area contributed by atoms with E-state index < -0.39 is 11.7 Å². The van der Waals surface area contributed by atoms with Crippen LogP contribution < -0.4 is 4.74 Å². The lowest BCUT2D eigenvalue weighted by Gasteiger charge is -2.06. The normalized spacial score (nSPS) is 11.5. The second-order valence-electron chi connectivity index (χ2n) is 4.58. The Labute approximate surface area is 133 Å². The Morgan fingerprint density at radius 2 is 1.52 bits per heavy atom. The molecule has 0 aliphatic carbocycles. The molecule has 0 saturated heterocycles. The molecule has 0 fully saturated rings. The highest BCUT2D eigenvalue weighted by Gasteiger charge is 2.30. The van der Waals surface area contributed by atoms with Gasteiger partial charge in [-0.3, -0.25) is 0 Å². The molecule has 0 saturated carbocycles. The zero-order chi connectivity index (χ0) is 16.4.